The third-order valence-corrected chi connectivity index (χ3v) is 5.36. The van der Waals surface area contributed by atoms with Crippen LogP contribution in [-0.2, 0) is 6.54 Å². The monoisotopic (exact) mass is 400 g/mol. The average Bonchev–Trinajstić information content (AvgIpc) is 3.17. The number of aromatic amines is 1. The second-order valence-electron chi connectivity index (χ2n) is 6.77. The first-order valence-electron chi connectivity index (χ1n) is 8.57. The first kappa shape index (κ1) is 18.0. The van der Waals surface area contributed by atoms with Gasteiger partial charge in [0, 0.05) is 40.9 Å². The van der Waals surface area contributed by atoms with Crippen LogP contribution in [0, 0.1) is 0 Å². The number of benzene rings is 2. The van der Waals surface area contributed by atoms with Crippen molar-refractivity contribution in [3.05, 3.63) is 81.1 Å². The van der Waals surface area contributed by atoms with Crippen molar-refractivity contribution in [3.8, 4) is 0 Å². The Morgan fingerprint density at radius 1 is 1.30 bits per heavy atom. The number of nitrogens with one attached hydrogen (secondary N) is 2. The third kappa shape index (κ3) is 3.72. The van der Waals surface area contributed by atoms with Gasteiger partial charge in [-0.05, 0) is 48.0 Å². The van der Waals surface area contributed by atoms with E-state index in [1.807, 2.05) is 24.3 Å². The Labute approximate surface area is 167 Å². The van der Waals surface area contributed by atoms with Crippen LogP contribution in [-0.4, -0.2) is 34.6 Å². The molecule has 7 heteroatoms. The van der Waals surface area contributed by atoms with Gasteiger partial charge < -0.3 is 10.2 Å². The van der Waals surface area contributed by atoms with Gasteiger partial charge >= 0.3 is 0 Å². The number of fused-ring (bicyclic) bond motifs is 1. The van der Waals surface area contributed by atoms with Crippen molar-refractivity contribution in [2.75, 3.05) is 18.9 Å². The smallest absolute Gasteiger partial charge is 0.258 e. The van der Waals surface area contributed by atoms with Gasteiger partial charge in [0.05, 0.1) is 11.8 Å². The molecule has 4 rings (SSSR count). The van der Waals surface area contributed by atoms with Crippen LogP contribution in [0.4, 0.5) is 5.69 Å². The van der Waals surface area contributed by atoms with Gasteiger partial charge in [-0.3, -0.25) is 9.89 Å². The number of amides is 1. The number of likely N-dealkylation sites (N-methyl/N-ethyl adjacent to an activating group) is 1. The van der Waals surface area contributed by atoms with Crippen molar-refractivity contribution < 1.29 is 4.79 Å². The van der Waals surface area contributed by atoms with E-state index < -0.39 is 0 Å². The molecule has 0 fully saturated rings. The largest absolute Gasteiger partial charge is 0.322 e. The van der Waals surface area contributed by atoms with E-state index in [0.717, 1.165) is 35.5 Å². The molecule has 1 atom stereocenters. The second kappa shape index (κ2) is 7.35. The fourth-order valence-corrected chi connectivity index (χ4v) is 4.11. The quantitative estimate of drug-likeness (QED) is 0.677. The number of halogens is 2. The van der Waals surface area contributed by atoms with Gasteiger partial charge in [0.1, 0.15) is 0 Å². The lowest BCUT2D eigenvalue weighted by molar-refractivity contribution is 0.102. The summed E-state index contributed by atoms with van der Waals surface area (Å²) in [6, 6.07) is 11.7. The van der Waals surface area contributed by atoms with E-state index in [-0.39, 0.29) is 11.8 Å². The van der Waals surface area contributed by atoms with Gasteiger partial charge in [0.15, 0.2) is 0 Å². The minimum atomic E-state index is -0.201. The third-order valence-electron chi connectivity index (χ3n) is 4.80. The lowest BCUT2D eigenvalue weighted by atomic mass is 9.84. The van der Waals surface area contributed by atoms with Gasteiger partial charge in [-0.2, -0.15) is 5.10 Å². The summed E-state index contributed by atoms with van der Waals surface area (Å²) in [7, 11) is 2.07. The minimum Gasteiger partial charge on any atom is -0.322 e. The van der Waals surface area contributed by atoms with Crippen LogP contribution in [0.2, 0.25) is 10.0 Å². The summed E-state index contributed by atoms with van der Waals surface area (Å²) in [4.78, 5) is 14.5. The topological polar surface area (TPSA) is 61.0 Å². The Bertz CT molecular complexity index is 988. The second-order valence-corrected chi connectivity index (χ2v) is 7.61. The number of carbonyl (C=O) groups excluding carboxylic acids is 1. The highest BCUT2D eigenvalue weighted by Gasteiger charge is 2.27. The fourth-order valence-electron chi connectivity index (χ4n) is 3.54. The number of rotatable bonds is 3. The van der Waals surface area contributed by atoms with E-state index in [0.29, 0.717) is 15.6 Å². The van der Waals surface area contributed by atoms with Gasteiger partial charge in [0.25, 0.3) is 5.91 Å². The Kier molecular flexibility index (Phi) is 4.91. The molecule has 2 heterocycles. The summed E-state index contributed by atoms with van der Waals surface area (Å²) in [6.45, 7) is 1.64. The predicted octanol–water partition coefficient (Wildman–Crippen LogP) is 4.55. The van der Waals surface area contributed by atoms with Gasteiger partial charge in [-0.1, -0.05) is 35.3 Å². The van der Waals surface area contributed by atoms with E-state index in [9.17, 15) is 4.79 Å². The van der Waals surface area contributed by atoms with Gasteiger partial charge in [0.2, 0.25) is 0 Å². The summed E-state index contributed by atoms with van der Waals surface area (Å²) < 4.78 is 0. The summed E-state index contributed by atoms with van der Waals surface area (Å²) in [5.41, 5.74) is 4.58. The maximum atomic E-state index is 12.3. The maximum absolute atomic E-state index is 12.3. The summed E-state index contributed by atoms with van der Waals surface area (Å²) in [6.07, 6.45) is 3.06. The van der Waals surface area contributed by atoms with Crippen molar-refractivity contribution in [3.63, 3.8) is 0 Å². The zero-order chi connectivity index (χ0) is 19.0. The number of hydrogen-bond donors (Lipinski definition) is 2. The molecule has 27 heavy (non-hydrogen) atoms. The number of aromatic nitrogens is 2. The molecular weight excluding hydrogens is 383 g/mol. The minimum absolute atomic E-state index is 0.126. The van der Waals surface area contributed by atoms with Crippen LogP contribution >= 0.6 is 23.2 Å². The molecule has 1 aromatic heterocycles. The number of H-pyrrole nitrogens is 1. The molecule has 2 aromatic carbocycles. The number of nitrogens with zero attached hydrogens (tertiary/aromatic N) is 2. The molecule has 0 aliphatic carbocycles. The van der Waals surface area contributed by atoms with Crippen LogP contribution in [0.15, 0.2) is 48.8 Å². The Hall–Kier alpha value is -2.34. The average molecular weight is 401 g/mol. The molecule has 1 amide bonds. The standard InChI is InChI=1S/C20H18Cl2N4O/c1-26-10-17(16-6-14(21)7-19(22)18(16)11-26)12-3-2-4-15(5-12)25-20(27)13-8-23-24-9-13/h2-9,17H,10-11H2,1H3,(H,23,24)(H,25,27). The highest BCUT2D eigenvalue weighted by atomic mass is 35.5. The number of carbonyl (C=O) groups is 1. The Balaban J connectivity index is 1.67. The molecule has 3 aromatic rings. The summed E-state index contributed by atoms with van der Waals surface area (Å²) in [5.74, 6) is -0.0751. The van der Waals surface area contributed by atoms with Crippen molar-refractivity contribution in [2.24, 2.45) is 0 Å². The first-order chi connectivity index (χ1) is 13.0. The molecule has 0 spiro atoms. The molecule has 0 saturated heterocycles. The van der Waals surface area contributed by atoms with Crippen LogP contribution in [0.5, 0.6) is 0 Å². The van der Waals surface area contributed by atoms with Crippen molar-refractivity contribution in [1.82, 2.24) is 15.1 Å². The van der Waals surface area contributed by atoms with Crippen molar-refractivity contribution in [2.45, 2.75) is 12.5 Å². The molecule has 1 aliphatic heterocycles. The summed E-state index contributed by atoms with van der Waals surface area (Å²) >= 11 is 12.7. The van der Waals surface area contributed by atoms with E-state index in [2.05, 4.69) is 33.5 Å². The van der Waals surface area contributed by atoms with Crippen LogP contribution in [0.1, 0.15) is 33.0 Å². The van der Waals surface area contributed by atoms with E-state index >= 15 is 0 Å². The molecule has 1 unspecified atom stereocenters. The van der Waals surface area contributed by atoms with Crippen molar-refractivity contribution >= 4 is 34.8 Å². The molecule has 138 valence electrons. The molecule has 1 aliphatic rings. The van der Waals surface area contributed by atoms with Crippen LogP contribution < -0.4 is 5.32 Å². The molecule has 0 bridgehead atoms. The normalized spacial score (nSPS) is 16.8. The van der Waals surface area contributed by atoms with E-state index in [4.69, 9.17) is 23.2 Å². The van der Waals surface area contributed by atoms with E-state index in [1.54, 1.807) is 12.3 Å². The Morgan fingerprint density at radius 3 is 2.93 bits per heavy atom. The Morgan fingerprint density at radius 2 is 2.15 bits per heavy atom. The lowest BCUT2D eigenvalue weighted by Gasteiger charge is -2.33. The molecule has 0 saturated carbocycles. The molecular formula is C20H18Cl2N4O. The maximum Gasteiger partial charge on any atom is 0.258 e. The van der Waals surface area contributed by atoms with Gasteiger partial charge in [-0.25, -0.2) is 0 Å². The SMILES string of the molecule is CN1Cc2c(Cl)cc(Cl)cc2C(c2cccc(NC(=O)c3cn[nH]c3)c2)C1. The highest BCUT2D eigenvalue weighted by molar-refractivity contribution is 6.35. The number of anilines is 1. The first-order valence-corrected chi connectivity index (χ1v) is 9.33. The summed E-state index contributed by atoms with van der Waals surface area (Å²) in [5, 5.41) is 10.7. The molecule has 2 N–H and O–H groups in total. The predicted molar refractivity (Wildman–Crippen MR) is 108 cm³/mol. The zero-order valence-corrected chi connectivity index (χ0v) is 16.2. The fraction of sp³-hybridized carbons (Fsp3) is 0.200. The highest BCUT2D eigenvalue weighted by Crippen LogP contribution is 2.38. The number of hydrogen-bond acceptors (Lipinski definition) is 3. The molecule has 0 radical (unpaired) electrons. The van der Waals surface area contributed by atoms with Crippen molar-refractivity contribution in [1.29, 1.82) is 0 Å². The van der Waals surface area contributed by atoms with Crippen LogP contribution in [0.3, 0.4) is 0 Å². The van der Waals surface area contributed by atoms with Crippen LogP contribution in [0.25, 0.3) is 0 Å². The molecule has 5 nitrogen and oxygen atoms in total. The lowest BCUT2D eigenvalue weighted by Crippen LogP contribution is -2.31. The van der Waals surface area contributed by atoms with E-state index in [1.165, 1.54) is 6.20 Å². The van der Waals surface area contributed by atoms with Gasteiger partial charge in [-0.15, -0.1) is 0 Å². The zero-order valence-electron chi connectivity index (χ0n) is 14.7.